The Balaban J connectivity index is 2.14. The van der Waals surface area contributed by atoms with Crippen LogP contribution in [0.3, 0.4) is 0 Å². The van der Waals surface area contributed by atoms with Crippen LogP contribution in [0.4, 0.5) is 0 Å². The molecule has 0 aromatic carbocycles. The molecular formula is C11H19NO4S. The lowest BCUT2D eigenvalue weighted by Gasteiger charge is -2.38. The molecular weight excluding hydrogens is 242 g/mol. The van der Waals surface area contributed by atoms with Crippen LogP contribution >= 0.6 is 0 Å². The molecule has 0 amide bonds. The van der Waals surface area contributed by atoms with Crippen LogP contribution in [0, 0.1) is 5.41 Å². The zero-order chi connectivity index (χ0) is 12.7. The van der Waals surface area contributed by atoms with Gasteiger partial charge in [-0.2, -0.15) is 0 Å². The number of carboxylic acid groups (broad SMARTS) is 1. The van der Waals surface area contributed by atoms with E-state index in [1.165, 1.54) is 0 Å². The smallest absolute Gasteiger partial charge is 0.310 e. The van der Waals surface area contributed by atoms with Gasteiger partial charge in [0, 0.05) is 6.04 Å². The zero-order valence-electron chi connectivity index (χ0n) is 9.98. The number of hydrogen-bond donors (Lipinski definition) is 2. The topological polar surface area (TPSA) is 83.5 Å². The Morgan fingerprint density at radius 3 is 2.47 bits per heavy atom. The fourth-order valence-corrected chi connectivity index (χ4v) is 4.17. The Bertz CT molecular complexity index is 415. The molecule has 2 N–H and O–H groups in total. The molecule has 0 heterocycles. The molecule has 0 radical (unpaired) electrons. The van der Waals surface area contributed by atoms with E-state index < -0.39 is 27.4 Å². The van der Waals surface area contributed by atoms with Crippen molar-refractivity contribution in [1.82, 2.24) is 4.72 Å². The minimum Gasteiger partial charge on any atom is -0.481 e. The van der Waals surface area contributed by atoms with Gasteiger partial charge in [0.25, 0.3) is 0 Å². The summed E-state index contributed by atoms with van der Waals surface area (Å²) in [6.45, 7) is 1.65. The van der Waals surface area contributed by atoms with Crippen LogP contribution in [0.5, 0.6) is 0 Å². The van der Waals surface area contributed by atoms with Crippen LogP contribution in [0.25, 0.3) is 0 Å². The van der Waals surface area contributed by atoms with Gasteiger partial charge in [-0.25, -0.2) is 13.1 Å². The van der Waals surface area contributed by atoms with Gasteiger partial charge >= 0.3 is 5.97 Å². The zero-order valence-corrected chi connectivity index (χ0v) is 10.8. The van der Waals surface area contributed by atoms with Crippen LogP contribution in [0.1, 0.15) is 45.4 Å². The average molecular weight is 261 g/mol. The number of rotatable bonds is 4. The highest BCUT2D eigenvalue weighted by molar-refractivity contribution is 7.90. The van der Waals surface area contributed by atoms with Crippen molar-refractivity contribution >= 4 is 16.0 Å². The second-order valence-corrected chi connectivity index (χ2v) is 7.38. The minimum atomic E-state index is -3.30. The Hall–Kier alpha value is -0.620. The average Bonchev–Trinajstić information content (AvgIpc) is 3.04. The van der Waals surface area contributed by atoms with Crippen LogP contribution in [0.15, 0.2) is 0 Å². The number of carbonyl (C=O) groups is 1. The van der Waals surface area contributed by atoms with Gasteiger partial charge in [0.05, 0.1) is 10.7 Å². The van der Waals surface area contributed by atoms with Crippen LogP contribution in [-0.2, 0) is 14.8 Å². The van der Waals surface area contributed by atoms with Crippen molar-refractivity contribution in [3.63, 3.8) is 0 Å². The number of aliphatic carboxylic acids is 1. The lowest BCUT2D eigenvalue weighted by atomic mass is 9.72. The van der Waals surface area contributed by atoms with Crippen molar-refractivity contribution in [2.45, 2.75) is 56.7 Å². The maximum atomic E-state index is 11.9. The molecule has 98 valence electrons. The molecule has 0 saturated heterocycles. The van der Waals surface area contributed by atoms with E-state index in [1.807, 2.05) is 0 Å². The van der Waals surface area contributed by atoms with Crippen molar-refractivity contribution in [3.05, 3.63) is 0 Å². The molecule has 0 aromatic rings. The fourth-order valence-electron chi connectivity index (χ4n) is 2.45. The Labute approximate surface area is 102 Å². The maximum absolute atomic E-state index is 11.9. The highest BCUT2D eigenvalue weighted by Crippen LogP contribution is 2.38. The summed E-state index contributed by atoms with van der Waals surface area (Å²) in [6.07, 6.45) is 4.30. The molecule has 0 aromatic heterocycles. The third-order valence-corrected chi connectivity index (χ3v) is 5.93. The molecule has 2 atom stereocenters. The molecule has 17 heavy (non-hydrogen) atoms. The largest absolute Gasteiger partial charge is 0.481 e. The monoisotopic (exact) mass is 261 g/mol. The minimum absolute atomic E-state index is 0.289. The van der Waals surface area contributed by atoms with Crippen molar-refractivity contribution in [2.24, 2.45) is 5.41 Å². The highest BCUT2D eigenvalue weighted by Gasteiger charge is 2.47. The van der Waals surface area contributed by atoms with Gasteiger partial charge in [0.1, 0.15) is 0 Å². The lowest BCUT2D eigenvalue weighted by molar-refractivity contribution is -0.151. The van der Waals surface area contributed by atoms with Gasteiger partial charge in [-0.1, -0.05) is 12.8 Å². The first-order chi connectivity index (χ1) is 7.86. The van der Waals surface area contributed by atoms with E-state index in [0.29, 0.717) is 25.7 Å². The molecule has 2 aliphatic carbocycles. The molecule has 0 spiro atoms. The van der Waals surface area contributed by atoms with Crippen molar-refractivity contribution in [3.8, 4) is 0 Å². The second kappa shape index (κ2) is 4.24. The summed E-state index contributed by atoms with van der Waals surface area (Å²) in [4.78, 5) is 11.3. The van der Waals surface area contributed by atoms with Gasteiger partial charge in [-0.15, -0.1) is 0 Å². The SMILES string of the molecule is CC1(C(=O)O)CCCCC1NS(=O)(=O)C1CC1. The Kier molecular flexibility index (Phi) is 3.20. The van der Waals surface area contributed by atoms with Gasteiger partial charge in [-0.05, 0) is 32.6 Å². The number of hydrogen-bond acceptors (Lipinski definition) is 3. The van der Waals surface area contributed by atoms with Gasteiger partial charge in [0.2, 0.25) is 10.0 Å². The predicted octanol–water partition coefficient (Wildman–Crippen LogP) is 1.10. The number of carboxylic acids is 1. The van der Waals surface area contributed by atoms with Crippen molar-refractivity contribution < 1.29 is 18.3 Å². The van der Waals surface area contributed by atoms with E-state index in [4.69, 9.17) is 0 Å². The molecule has 2 fully saturated rings. The summed E-state index contributed by atoms with van der Waals surface area (Å²) >= 11 is 0. The van der Waals surface area contributed by atoms with E-state index >= 15 is 0 Å². The summed E-state index contributed by atoms with van der Waals surface area (Å²) < 4.78 is 26.4. The van der Waals surface area contributed by atoms with Gasteiger partial charge < -0.3 is 5.11 Å². The first kappa shape index (κ1) is 12.8. The molecule has 2 aliphatic rings. The first-order valence-corrected chi connectivity index (χ1v) is 7.65. The highest BCUT2D eigenvalue weighted by atomic mass is 32.2. The molecule has 0 bridgehead atoms. The van der Waals surface area contributed by atoms with Crippen LogP contribution < -0.4 is 4.72 Å². The van der Waals surface area contributed by atoms with E-state index in [9.17, 15) is 18.3 Å². The molecule has 0 aliphatic heterocycles. The molecule has 2 saturated carbocycles. The number of sulfonamides is 1. The summed E-state index contributed by atoms with van der Waals surface area (Å²) in [7, 11) is -3.30. The van der Waals surface area contributed by atoms with E-state index in [2.05, 4.69) is 4.72 Å². The van der Waals surface area contributed by atoms with Crippen LogP contribution in [0.2, 0.25) is 0 Å². The van der Waals surface area contributed by atoms with Gasteiger partial charge in [-0.3, -0.25) is 4.79 Å². The van der Waals surface area contributed by atoms with E-state index in [1.54, 1.807) is 6.92 Å². The number of nitrogens with one attached hydrogen (secondary N) is 1. The summed E-state index contributed by atoms with van der Waals surface area (Å²) in [5.41, 5.74) is -0.958. The third-order valence-electron chi connectivity index (χ3n) is 3.97. The third kappa shape index (κ3) is 2.47. The lowest BCUT2D eigenvalue weighted by Crippen LogP contribution is -2.52. The Morgan fingerprint density at radius 2 is 1.94 bits per heavy atom. The fraction of sp³-hybridized carbons (Fsp3) is 0.909. The standard InChI is InChI=1S/C11H19NO4S/c1-11(10(13)14)7-3-2-4-9(11)12-17(15,16)8-5-6-8/h8-9,12H,2-7H2,1H3,(H,13,14). The molecule has 2 rings (SSSR count). The van der Waals surface area contributed by atoms with Gasteiger partial charge in [0.15, 0.2) is 0 Å². The van der Waals surface area contributed by atoms with Crippen LogP contribution in [-0.4, -0.2) is 30.8 Å². The summed E-state index contributed by atoms with van der Waals surface area (Å²) in [6, 6.07) is -0.459. The Morgan fingerprint density at radius 1 is 1.29 bits per heavy atom. The van der Waals surface area contributed by atoms with Crippen molar-refractivity contribution in [2.75, 3.05) is 0 Å². The molecule has 2 unspecified atom stereocenters. The maximum Gasteiger partial charge on any atom is 0.310 e. The first-order valence-electron chi connectivity index (χ1n) is 6.11. The molecule has 6 heteroatoms. The molecule has 5 nitrogen and oxygen atoms in total. The van der Waals surface area contributed by atoms with E-state index in [0.717, 1.165) is 12.8 Å². The summed E-state index contributed by atoms with van der Waals surface area (Å²) in [5, 5.41) is 8.99. The van der Waals surface area contributed by atoms with E-state index in [-0.39, 0.29) is 5.25 Å². The normalized spacial score (nSPS) is 34.5. The predicted molar refractivity (Wildman–Crippen MR) is 63.1 cm³/mol. The second-order valence-electron chi connectivity index (χ2n) is 5.38. The van der Waals surface area contributed by atoms with Crippen molar-refractivity contribution in [1.29, 1.82) is 0 Å². The summed E-state index contributed by atoms with van der Waals surface area (Å²) in [5.74, 6) is -0.902. The quantitative estimate of drug-likeness (QED) is 0.794.